The van der Waals surface area contributed by atoms with E-state index in [1.54, 1.807) is 30.3 Å². The van der Waals surface area contributed by atoms with Gasteiger partial charge in [0.15, 0.2) is 11.5 Å². The van der Waals surface area contributed by atoms with Crippen molar-refractivity contribution in [3.05, 3.63) is 65.9 Å². The number of amides is 1. The Balaban J connectivity index is 2.06. The second-order valence-corrected chi connectivity index (χ2v) is 6.67. The standard InChI is InChI=1S/C21H20F3N3O2/c1-27(2)13-12-25-19(28)17-18(14-8-4-3-5-9-14)29-20(26-17)15-10-6-7-11-16(15)21(22,23)24/h3-11H,12-13H2,1-2H3,(H,25,28). The van der Waals surface area contributed by atoms with E-state index in [2.05, 4.69) is 10.3 Å². The fourth-order valence-electron chi connectivity index (χ4n) is 2.77. The molecular formula is C21H20F3N3O2. The summed E-state index contributed by atoms with van der Waals surface area (Å²) in [6.45, 7) is 0.968. The number of oxazole rings is 1. The van der Waals surface area contributed by atoms with Crippen molar-refractivity contribution < 1.29 is 22.4 Å². The first-order valence-electron chi connectivity index (χ1n) is 8.93. The number of nitrogens with one attached hydrogen (secondary N) is 1. The molecule has 1 aromatic heterocycles. The van der Waals surface area contributed by atoms with E-state index in [0.29, 0.717) is 18.7 Å². The highest BCUT2D eigenvalue weighted by Gasteiger charge is 2.35. The highest BCUT2D eigenvalue weighted by molar-refractivity contribution is 5.98. The van der Waals surface area contributed by atoms with Crippen LogP contribution in [0.2, 0.25) is 0 Å². The van der Waals surface area contributed by atoms with Crippen LogP contribution in [0, 0.1) is 0 Å². The third-order valence-electron chi connectivity index (χ3n) is 4.19. The van der Waals surface area contributed by atoms with E-state index in [4.69, 9.17) is 4.42 Å². The van der Waals surface area contributed by atoms with Gasteiger partial charge in [-0.2, -0.15) is 13.2 Å². The third kappa shape index (κ3) is 4.83. The van der Waals surface area contributed by atoms with Crippen LogP contribution in [0.15, 0.2) is 59.0 Å². The Morgan fingerprint density at radius 2 is 1.72 bits per heavy atom. The van der Waals surface area contributed by atoms with Gasteiger partial charge in [-0.1, -0.05) is 42.5 Å². The lowest BCUT2D eigenvalue weighted by atomic mass is 10.1. The van der Waals surface area contributed by atoms with Gasteiger partial charge in [-0.25, -0.2) is 4.98 Å². The molecule has 8 heteroatoms. The van der Waals surface area contributed by atoms with Crippen molar-refractivity contribution in [1.29, 1.82) is 0 Å². The molecule has 0 bridgehead atoms. The fraction of sp³-hybridized carbons (Fsp3) is 0.238. The molecule has 0 aliphatic rings. The lowest BCUT2D eigenvalue weighted by molar-refractivity contribution is -0.137. The number of hydrogen-bond acceptors (Lipinski definition) is 4. The molecule has 0 aliphatic heterocycles. The number of halogens is 3. The Morgan fingerprint density at radius 1 is 1.07 bits per heavy atom. The van der Waals surface area contributed by atoms with Crippen LogP contribution in [0.25, 0.3) is 22.8 Å². The average Bonchev–Trinajstić information content (AvgIpc) is 3.13. The Bertz CT molecular complexity index is 982. The minimum absolute atomic E-state index is 0.0538. The zero-order valence-corrected chi connectivity index (χ0v) is 16.0. The summed E-state index contributed by atoms with van der Waals surface area (Å²) in [4.78, 5) is 18.7. The summed E-state index contributed by atoms with van der Waals surface area (Å²) in [6.07, 6.45) is -4.58. The Hall–Kier alpha value is -3.13. The van der Waals surface area contributed by atoms with Gasteiger partial charge in [0.1, 0.15) is 0 Å². The molecule has 0 fully saturated rings. The van der Waals surface area contributed by atoms with E-state index in [1.165, 1.54) is 18.2 Å². The number of carbonyl (C=O) groups is 1. The van der Waals surface area contributed by atoms with Gasteiger partial charge < -0.3 is 14.6 Å². The molecule has 0 unspecified atom stereocenters. The number of hydrogen-bond donors (Lipinski definition) is 1. The number of likely N-dealkylation sites (N-methyl/N-ethyl adjacent to an activating group) is 1. The van der Waals surface area contributed by atoms with Crippen LogP contribution in [0.5, 0.6) is 0 Å². The van der Waals surface area contributed by atoms with Crippen LogP contribution >= 0.6 is 0 Å². The highest BCUT2D eigenvalue weighted by atomic mass is 19.4. The van der Waals surface area contributed by atoms with Gasteiger partial charge in [0.2, 0.25) is 5.89 Å². The summed E-state index contributed by atoms with van der Waals surface area (Å²) in [7, 11) is 3.73. The molecule has 0 radical (unpaired) electrons. The Kier molecular flexibility index (Phi) is 6.03. The molecule has 0 spiro atoms. The SMILES string of the molecule is CN(C)CCNC(=O)c1nc(-c2ccccc2C(F)(F)F)oc1-c1ccccc1. The summed E-state index contributed by atoms with van der Waals surface area (Å²) >= 11 is 0. The summed E-state index contributed by atoms with van der Waals surface area (Å²) < 4.78 is 45.9. The van der Waals surface area contributed by atoms with Crippen LogP contribution in [-0.2, 0) is 6.18 Å². The van der Waals surface area contributed by atoms with Crippen molar-refractivity contribution in [2.24, 2.45) is 0 Å². The molecule has 1 heterocycles. The lowest BCUT2D eigenvalue weighted by Crippen LogP contribution is -2.31. The van der Waals surface area contributed by atoms with E-state index in [9.17, 15) is 18.0 Å². The van der Waals surface area contributed by atoms with Gasteiger partial charge in [-0.15, -0.1) is 0 Å². The molecule has 29 heavy (non-hydrogen) atoms. The molecule has 5 nitrogen and oxygen atoms in total. The first kappa shape index (κ1) is 20.6. The van der Waals surface area contributed by atoms with Crippen molar-refractivity contribution in [3.8, 4) is 22.8 Å². The molecule has 152 valence electrons. The quantitative estimate of drug-likeness (QED) is 0.666. The van der Waals surface area contributed by atoms with Crippen molar-refractivity contribution in [3.63, 3.8) is 0 Å². The zero-order chi connectivity index (χ0) is 21.0. The zero-order valence-electron chi connectivity index (χ0n) is 16.0. The molecule has 2 aromatic carbocycles. The number of carbonyl (C=O) groups excluding carboxylic acids is 1. The maximum atomic E-state index is 13.4. The Morgan fingerprint density at radius 3 is 2.38 bits per heavy atom. The maximum Gasteiger partial charge on any atom is 0.417 e. The summed E-state index contributed by atoms with van der Waals surface area (Å²) in [6, 6.07) is 13.7. The molecule has 0 atom stereocenters. The number of aromatic nitrogens is 1. The average molecular weight is 403 g/mol. The number of rotatable bonds is 6. The van der Waals surface area contributed by atoms with Crippen molar-refractivity contribution in [2.75, 3.05) is 27.2 Å². The first-order valence-corrected chi connectivity index (χ1v) is 8.93. The highest BCUT2D eigenvalue weighted by Crippen LogP contribution is 2.38. The largest absolute Gasteiger partial charge is 0.435 e. The van der Waals surface area contributed by atoms with Crippen molar-refractivity contribution in [1.82, 2.24) is 15.2 Å². The smallest absolute Gasteiger partial charge is 0.417 e. The van der Waals surface area contributed by atoms with E-state index in [1.807, 2.05) is 19.0 Å². The minimum atomic E-state index is -4.58. The molecule has 1 amide bonds. The van der Waals surface area contributed by atoms with Crippen LogP contribution in [0.3, 0.4) is 0 Å². The van der Waals surface area contributed by atoms with Crippen molar-refractivity contribution in [2.45, 2.75) is 6.18 Å². The van der Waals surface area contributed by atoms with Gasteiger partial charge >= 0.3 is 6.18 Å². The number of nitrogens with zero attached hydrogens (tertiary/aromatic N) is 2. The van der Waals surface area contributed by atoms with Gasteiger partial charge in [0.25, 0.3) is 5.91 Å². The maximum absolute atomic E-state index is 13.4. The van der Waals surface area contributed by atoms with E-state index < -0.39 is 17.6 Å². The summed E-state index contributed by atoms with van der Waals surface area (Å²) in [5, 5.41) is 2.72. The van der Waals surface area contributed by atoms with Crippen LogP contribution < -0.4 is 5.32 Å². The van der Waals surface area contributed by atoms with E-state index in [0.717, 1.165) is 6.07 Å². The lowest BCUT2D eigenvalue weighted by Gasteiger charge is -2.10. The molecule has 3 aromatic rings. The molecule has 3 rings (SSSR count). The second kappa shape index (κ2) is 8.48. The Labute approximate surface area is 166 Å². The molecule has 0 saturated carbocycles. The van der Waals surface area contributed by atoms with Gasteiger partial charge in [0, 0.05) is 24.2 Å². The van der Waals surface area contributed by atoms with Crippen LogP contribution in [0.4, 0.5) is 13.2 Å². The predicted octanol–water partition coefficient (Wildman–Crippen LogP) is 4.32. The second-order valence-electron chi connectivity index (χ2n) is 6.67. The number of benzene rings is 2. The molecule has 0 saturated heterocycles. The fourth-order valence-corrected chi connectivity index (χ4v) is 2.77. The van der Waals surface area contributed by atoms with Crippen LogP contribution in [0.1, 0.15) is 16.1 Å². The first-order chi connectivity index (χ1) is 13.8. The summed E-state index contributed by atoms with van der Waals surface area (Å²) in [5.41, 5.74) is -0.597. The molecular weight excluding hydrogens is 383 g/mol. The number of alkyl halides is 3. The normalized spacial score (nSPS) is 11.7. The third-order valence-corrected chi connectivity index (χ3v) is 4.19. The van der Waals surface area contributed by atoms with Gasteiger partial charge in [-0.05, 0) is 26.2 Å². The van der Waals surface area contributed by atoms with E-state index in [-0.39, 0.29) is 22.9 Å². The molecule has 0 aliphatic carbocycles. The topological polar surface area (TPSA) is 58.4 Å². The van der Waals surface area contributed by atoms with E-state index >= 15 is 0 Å². The molecule has 1 N–H and O–H groups in total. The van der Waals surface area contributed by atoms with Gasteiger partial charge in [-0.3, -0.25) is 4.79 Å². The summed E-state index contributed by atoms with van der Waals surface area (Å²) in [5.74, 6) is -0.639. The van der Waals surface area contributed by atoms with Crippen molar-refractivity contribution >= 4 is 5.91 Å². The predicted molar refractivity (Wildman–Crippen MR) is 103 cm³/mol. The van der Waals surface area contributed by atoms with Gasteiger partial charge in [0.05, 0.1) is 5.56 Å². The van der Waals surface area contributed by atoms with Crippen LogP contribution in [-0.4, -0.2) is 43.0 Å². The minimum Gasteiger partial charge on any atom is -0.435 e. The monoisotopic (exact) mass is 403 g/mol.